The van der Waals surface area contributed by atoms with Crippen LogP contribution in [-0.4, -0.2) is 25.5 Å². The molecule has 2 heterocycles. The van der Waals surface area contributed by atoms with Crippen molar-refractivity contribution in [2.24, 2.45) is 0 Å². The largest absolute Gasteiger partial charge is 0.480 e. The normalized spacial score (nSPS) is 13.2. The molecule has 0 saturated carbocycles. The third kappa shape index (κ3) is 3.47. The Morgan fingerprint density at radius 2 is 2.30 bits per heavy atom. The van der Waals surface area contributed by atoms with Gasteiger partial charge >= 0.3 is 5.97 Å². The van der Waals surface area contributed by atoms with E-state index in [9.17, 15) is 13.2 Å². The van der Waals surface area contributed by atoms with E-state index in [0.29, 0.717) is 5.56 Å². The van der Waals surface area contributed by atoms with Crippen molar-refractivity contribution >= 4 is 27.3 Å². The number of carbonyl (C=O) groups is 1. The third-order valence-corrected chi connectivity index (χ3v) is 4.66. The zero-order valence-electron chi connectivity index (χ0n) is 10.6. The Morgan fingerprint density at radius 1 is 1.55 bits per heavy atom. The monoisotopic (exact) mass is 315 g/mol. The van der Waals surface area contributed by atoms with Gasteiger partial charge in [0.1, 0.15) is 6.04 Å². The lowest BCUT2D eigenvalue weighted by atomic mass is 10.1. The van der Waals surface area contributed by atoms with E-state index in [1.165, 1.54) is 23.7 Å². The second kappa shape index (κ2) is 5.78. The highest BCUT2D eigenvalue weighted by molar-refractivity contribution is 7.89. The average Bonchev–Trinajstić information content (AvgIpc) is 2.99. The van der Waals surface area contributed by atoms with Crippen LogP contribution in [0.4, 0.5) is 0 Å². The van der Waals surface area contributed by atoms with Crippen molar-refractivity contribution in [1.82, 2.24) is 4.72 Å². The van der Waals surface area contributed by atoms with Gasteiger partial charge in [-0.15, -0.1) is 0 Å². The molecule has 0 aliphatic rings. The molecule has 0 spiro atoms. The average molecular weight is 315 g/mol. The van der Waals surface area contributed by atoms with Crippen LogP contribution < -0.4 is 4.72 Å². The Morgan fingerprint density at radius 3 is 2.80 bits per heavy atom. The maximum absolute atomic E-state index is 12.0. The van der Waals surface area contributed by atoms with Gasteiger partial charge in [-0.2, -0.15) is 16.1 Å². The first-order chi connectivity index (χ1) is 9.38. The molecule has 0 bridgehead atoms. The van der Waals surface area contributed by atoms with E-state index >= 15 is 0 Å². The molecule has 0 radical (unpaired) electrons. The van der Waals surface area contributed by atoms with Crippen molar-refractivity contribution in [3.8, 4) is 0 Å². The van der Waals surface area contributed by atoms with Gasteiger partial charge in [0.25, 0.3) is 10.0 Å². The number of aryl methyl sites for hydroxylation is 1. The van der Waals surface area contributed by atoms with Crippen LogP contribution in [0.25, 0.3) is 0 Å². The summed E-state index contributed by atoms with van der Waals surface area (Å²) in [6.07, 6.45) is 1.38. The summed E-state index contributed by atoms with van der Waals surface area (Å²) in [5, 5.41) is 12.4. The molecule has 2 aromatic rings. The van der Waals surface area contributed by atoms with Crippen LogP contribution >= 0.6 is 11.3 Å². The Labute approximate surface area is 120 Å². The lowest BCUT2D eigenvalue weighted by Crippen LogP contribution is -2.42. The summed E-state index contributed by atoms with van der Waals surface area (Å²) in [5.74, 6) is -1.23. The van der Waals surface area contributed by atoms with Gasteiger partial charge in [0.2, 0.25) is 5.09 Å². The summed E-state index contributed by atoms with van der Waals surface area (Å²) >= 11 is 1.42. The number of thiophene rings is 1. The number of nitrogens with one attached hydrogen (secondary N) is 1. The van der Waals surface area contributed by atoms with Gasteiger partial charge in [0, 0.05) is 12.5 Å². The van der Waals surface area contributed by atoms with E-state index in [1.54, 1.807) is 23.8 Å². The quantitative estimate of drug-likeness (QED) is 0.844. The molecular formula is C12H13NO5S2. The highest BCUT2D eigenvalue weighted by Crippen LogP contribution is 2.15. The van der Waals surface area contributed by atoms with Crippen molar-refractivity contribution in [1.29, 1.82) is 0 Å². The molecule has 0 saturated heterocycles. The molecule has 2 rings (SSSR count). The number of hydrogen-bond donors (Lipinski definition) is 2. The van der Waals surface area contributed by atoms with Crippen LogP contribution in [0.1, 0.15) is 11.1 Å². The van der Waals surface area contributed by atoms with E-state index < -0.39 is 22.0 Å². The highest BCUT2D eigenvalue weighted by atomic mass is 32.2. The lowest BCUT2D eigenvalue weighted by molar-refractivity contribution is -0.138. The molecule has 0 aliphatic carbocycles. The fraction of sp³-hybridized carbons (Fsp3) is 0.250. The third-order valence-electron chi connectivity index (χ3n) is 2.59. The first kappa shape index (κ1) is 14.8. The molecule has 2 aromatic heterocycles. The topological polar surface area (TPSA) is 96.6 Å². The summed E-state index contributed by atoms with van der Waals surface area (Å²) < 4.78 is 31.1. The van der Waals surface area contributed by atoms with Crippen LogP contribution in [0.5, 0.6) is 0 Å². The second-order valence-electron chi connectivity index (χ2n) is 4.29. The van der Waals surface area contributed by atoms with Crippen LogP contribution in [0.2, 0.25) is 0 Å². The van der Waals surface area contributed by atoms with E-state index in [0.717, 1.165) is 5.56 Å². The summed E-state index contributed by atoms with van der Waals surface area (Å²) in [4.78, 5) is 11.2. The predicted octanol–water partition coefficient (Wildman–Crippen LogP) is 1.62. The van der Waals surface area contributed by atoms with Crippen molar-refractivity contribution < 1.29 is 22.7 Å². The Hall–Kier alpha value is -1.64. The van der Waals surface area contributed by atoms with Gasteiger partial charge in [-0.05, 0) is 34.9 Å². The predicted molar refractivity (Wildman–Crippen MR) is 73.2 cm³/mol. The zero-order valence-corrected chi connectivity index (χ0v) is 12.2. The van der Waals surface area contributed by atoms with Crippen molar-refractivity contribution in [3.05, 3.63) is 40.3 Å². The summed E-state index contributed by atoms with van der Waals surface area (Å²) in [7, 11) is -3.98. The molecule has 0 amide bonds. The van der Waals surface area contributed by atoms with Gasteiger partial charge in [0.15, 0.2) is 0 Å². The maximum atomic E-state index is 12.0. The number of carboxylic acids is 1. The van der Waals surface area contributed by atoms with Gasteiger partial charge in [-0.3, -0.25) is 4.79 Å². The second-order valence-corrected chi connectivity index (χ2v) is 6.72. The van der Waals surface area contributed by atoms with Crippen LogP contribution in [0.3, 0.4) is 0 Å². The Bertz CT molecular complexity index is 687. The van der Waals surface area contributed by atoms with E-state index in [4.69, 9.17) is 9.52 Å². The molecule has 6 nitrogen and oxygen atoms in total. The van der Waals surface area contributed by atoms with Crippen LogP contribution in [0.15, 0.2) is 38.7 Å². The van der Waals surface area contributed by atoms with Gasteiger partial charge in [0.05, 0.1) is 6.26 Å². The van der Waals surface area contributed by atoms with E-state index in [-0.39, 0.29) is 11.5 Å². The SMILES string of the molecule is Cc1coc(S(=O)(=O)NC(Cc2ccsc2)C(=O)O)c1. The van der Waals surface area contributed by atoms with Gasteiger partial charge < -0.3 is 9.52 Å². The maximum Gasteiger partial charge on any atom is 0.322 e. The number of carboxylic acid groups (broad SMARTS) is 1. The summed E-state index contributed by atoms with van der Waals surface area (Å²) in [5.41, 5.74) is 1.41. The number of sulfonamides is 1. The summed E-state index contributed by atoms with van der Waals surface area (Å²) in [6.45, 7) is 1.68. The van der Waals surface area contributed by atoms with Crippen LogP contribution in [-0.2, 0) is 21.2 Å². The molecule has 1 atom stereocenters. The minimum atomic E-state index is -3.98. The molecule has 0 fully saturated rings. The molecule has 2 N–H and O–H groups in total. The van der Waals surface area contributed by atoms with Crippen LogP contribution in [0, 0.1) is 6.92 Å². The minimum Gasteiger partial charge on any atom is -0.480 e. The molecule has 20 heavy (non-hydrogen) atoms. The van der Waals surface area contributed by atoms with E-state index in [2.05, 4.69) is 4.72 Å². The van der Waals surface area contributed by atoms with E-state index in [1.807, 2.05) is 0 Å². The molecule has 0 aromatic carbocycles. The minimum absolute atomic E-state index is 0.0811. The van der Waals surface area contributed by atoms with Crippen molar-refractivity contribution in [2.75, 3.05) is 0 Å². The summed E-state index contributed by atoms with van der Waals surface area (Å²) in [6, 6.07) is 1.86. The zero-order chi connectivity index (χ0) is 14.8. The molecule has 1 unspecified atom stereocenters. The van der Waals surface area contributed by atoms with Gasteiger partial charge in [-0.25, -0.2) is 8.42 Å². The first-order valence-electron chi connectivity index (χ1n) is 5.70. The first-order valence-corrected chi connectivity index (χ1v) is 8.12. The van der Waals surface area contributed by atoms with Gasteiger partial charge in [-0.1, -0.05) is 0 Å². The molecule has 0 aliphatic heterocycles. The Balaban J connectivity index is 2.17. The van der Waals surface area contributed by atoms with Crippen molar-refractivity contribution in [3.63, 3.8) is 0 Å². The molecule has 108 valence electrons. The number of rotatable bonds is 6. The fourth-order valence-corrected chi connectivity index (χ4v) is 3.49. The molecular weight excluding hydrogens is 302 g/mol. The lowest BCUT2D eigenvalue weighted by Gasteiger charge is -2.12. The smallest absolute Gasteiger partial charge is 0.322 e. The standard InChI is InChI=1S/C12H13NO5S2/c1-8-4-11(18-6-8)20(16,17)13-10(12(14)15)5-9-2-3-19-7-9/h2-4,6-7,10,13H,5H2,1H3,(H,14,15). The fourth-order valence-electron chi connectivity index (χ4n) is 1.62. The Kier molecular flexibility index (Phi) is 4.26. The molecule has 8 heteroatoms. The number of aliphatic carboxylic acids is 1. The highest BCUT2D eigenvalue weighted by Gasteiger charge is 2.27. The number of hydrogen-bond acceptors (Lipinski definition) is 5. The number of furan rings is 1. The van der Waals surface area contributed by atoms with Crippen molar-refractivity contribution in [2.45, 2.75) is 24.5 Å².